The summed E-state index contributed by atoms with van der Waals surface area (Å²) in [5.74, 6) is -2.11. The molecule has 0 radical (unpaired) electrons. The highest BCUT2D eigenvalue weighted by atomic mass is 16.8. The van der Waals surface area contributed by atoms with E-state index in [0.29, 0.717) is 12.2 Å². The van der Waals surface area contributed by atoms with Gasteiger partial charge in [0.25, 0.3) is 0 Å². The summed E-state index contributed by atoms with van der Waals surface area (Å²) in [6.45, 7) is 1.82. The Morgan fingerprint density at radius 3 is 1.67 bits per heavy atom. The second-order valence-corrected chi connectivity index (χ2v) is 12.5. The van der Waals surface area contributed by atoms with E-state index in [-0.39, 0.29) is 24.3 Å². The molecule has 51 heavy (non-hydrogen) atoms. The number of unbranched alkanes of at least 4 members (excludes halogenated alkanes) is 5. The van der Waals surface area contributed by atoms with Gasteiger partial charge in [0.15, 0.2) is 24.8 Å². The van der Waals surface area contributed by atoms with E-state index < -0.39 is 67.1 Å². The molecule has 5 rings (SSSR count). The van der Waals surface area contributed by atoms with Crippen LogP contribution in [-0.4, -0.2) is 97.1 Å². The van der Waals surface area contributed by atoms with Gasteiger partial charge in [-0.25, -0.2) is 14.4 Å². The summed E-state index contributed by atoms with van der Waals surface area (Å²) in [5, 5.41) is 21.4. The zero-order valence-electron chi connectivity index (χ0n) is 28.6. The van der Waals surface area contributed by atoms with E-state index in [1.165, 1.54) is 6.42 Å². The lowest BCUT2D eigenvalue weighted by Gasteiger charge is -2.25. The Balaban J connectivity index is 1.30. The number of hydrogen-bond acceptors (Lipinski definition) is 12. The second kappa shape index (κ2) is 19.4. The number of rotatable bonds is 18. The van der Waals surface area contributed by atoms with Gasteiger partial charge in [0.1, 0.15) is 31.0 Å². The van der Waals surface area contributed by atoms with E-state index in [2.05, 4.69) is 6.92 Å². The topological polar surface area (TPSA) is 156 Å². The highest BCUT2D eigenvalue weighted by Gasteiger charge is 2.52. The van der Waals surface area contributed by atoms with Crippen LogP contribution < -0.4 is 0 Å². The number of hydrogen-bond donors (Lipinski definition) is 2. The van der Waals surface area contributed by atoms with Crippen LogP contribution in [0.25, 0.3) is 0 Å². The number of esters is 3. The lowest BCUT2D eigenvalue weighted by molar-refractivity contribution is -0.206. The molecule has 2 heterocycles. The third-order valence-electron chi connectivity index (χ3n) is 8.68. The quantitative estimate of drug-likeness (QED) is 0.105. The summed E-state index contributed by atoms with van der Waals surface area (Å²) in [7, 11) is 0. The molecule has 0 amide bonds. The first-order valence-electron chi connectivity index (χ1n) is 17.5. The molecule has 2 fully saturated rings. The molecule has 274 valence electrons. The monoisotopic (exact) mass is 706 g/mol. The van der Waals surface area contributed by atoms with Gasteiger partial charge in [-0.3, -0.25) is 0 Å². The fourth-order valence-electron chi connectivity index (χ4n) is 5.84. The van der Waals surface area contributed by atoms with Crippen LogP contribution in [0.3, 0.4) is 0 Å². The number of aliphatic hydroxyl groups is 2. The van der Waals surface area contributed by atoms with Crippen LogP contribution in [0.2, 0.25) is 0 Å². The van der Waals surface area contributed by atoms with Crippen molar-refractivity contribution < 1.29 is 57.8 Å². The van der Waals surface area contributed by atoms with Crippen molar-refractivity contribution in [1.29, 1.82) is 0 Å². The van der Waals surface area contributed by atoms with Gasteiger partial charge in [-0.05, 0) is 42.8 Å². The van der Waals surface area contributed by atoms with Gasteiger partial charge in [0, 0.05) is 6.61 Å². The predicted octanol–water partition coefficient (Wildman–Crippen LogP) is 4.86. The van der Waals surface area contributed by atoms with Crippen molar-refractivity contribution in [1.82, 2.24) is 0 Å². The molecule has 0 aromatic heterocycles. The first-order chi connectivity index (χ1) is 24.9. The molecular formula is C39H46O12. The Hall–Kier alpha value is -4.17. The molecule has 2 aliphatic rings. The van der Waals surface area contributed by atoms with Crippen molar-refractivity contribution in [2.45, 2.75) is 94.7 Å². The number of carbonyl (C=O) groups is 3. The standard InChI is InChI=1S/C39H46O12/c1-2-3-4-5-6-16-23-45-38-32(41)31(40)29(48-38)24-47-39-34(51-37(44)28-21-14-9-15-22-28)33(50-36(43)27-19-12-8-13-20-27)30(49-39)25-46-35(42)26-17-10-7-11-18-26/h7-15,17-22,29-34,38-41H,2-6,16,23-25H2,1H3/t29-,30-,31-,32+,33-,34+,38+,39+/m1/s1. The second-order valence-electron chi connectivity index (χ2n) is 12.5. The summed E-state index contributed by atoms with van der Waals surface area (Å²) in [5.41, 5.74) is 0.761. The van der Waals surface area contributed by atoms with E-state index in [4.69, 9.17) is 33.2 Å². The van der Waals surface area contributed by atoms with E-state index in [1.807, 2.05) is 0 Å². The minimum atomic E-state index is -1.36. The molecule has 2 saturated heterocycles. The van der Waals surface area contributed by atoms with Crippen LogP contribution in [0.1, 0.15) is 76.5 Å². The largest absolute Gasteiger partial charge is 0.459 e. The minimum absolute atomic E-state index is 0.228. The van der Waals surface area contributed by atoms with Gasteiger partial charge in [0.05, 0.1) is 23.3 Å². The maximum atomic E-state index is 13.3. The highest BCUT2D eigenvalue weighted by Crippen LogP contribution is 2.31. The van der Waals surface area contributed by atoms with E-state index in [0.717, 1.165) is 32.1 Å². The average Bonchev–Trinajstić information content (AvgIpc) is 3.63. The Morgan fingerprint density at radius 1 is 0.569 bits per heavy atom. The lowest BCUT2D eigenvalue weighted by Crippen LogP contribution is -2.43. The van der Waals surface area contributed by atoms with Crippen molar-refractivity contribution >= 4 is 17.9 Å². The van der Waals surface area contributed by atoms with Gasteiger partial charge in [0.2, 0.25) is 0 Å². The predicted molar refractivity (Wildman–Crippen MR) is 183 cm³/mol. The van der Waals surface area contributed by atoms with Crippen LogP contribution >= 0.6 is 0 Å². The van der Waals surface area contributed by atoms with Crippen LogP contribution in [-0.2, 0) is 33.2 Å². The van der Waals surface area contributed by atoms with E-state index in [1.54, 1.807) is 91.0 Å². The molecule has 3 aromatic carbocycles. The maximum absolute atomic E-state index is 13.3. The summed E-state index contributed by atoms with van der Waals surface area (Å²) >= 11 is 0. The fourth-order valence-corrected chi connectivity index (χ4v) is 5.84. The number of benzene rings is 3. The summed E-state index contributed by atoms with van der Waals surface area (Å²) in [4.78, 5) is 39.5. The van der Waals surface area contributed by atoms with Crippen LogP contribution in [0.15, 0.2) is 91.0 Å². The fraction of sp³-hybridized carbons (Fsp3) is 0.462. The molecule has 0 unspecified atom stereocenters. The summed E-state index contributed by atoms with van der Waals surface area (Å²) < 4.78 is 41.0. The molecule has 3 aromatic rings. The van der Waals surface area contributed by atoms with Gasteiger partial charge >= 0.3 is 17.9 Å². The summed E-state index contributed by atoms with van der Waals surface area (Å²) in [6.07, 6.45) is -3.50. The highest BCUT2D eigenvalue weighted by molar-refractivity contribution is 5.91. The molecule has 2 N–H and O–H groups in total. The normalized spacial score (nSPS) is 25.7. The van der Waals surface area contributed by atoms with Gasteiger partial charge in [-0.1, -0.05) is 93.6 Å². The van der Waals surface area contributed by atoms with Crippen molar-refractivity contribution in [3.63, 3.8) is 0 Å². The lowest BCUT2D eigenvalue weighted by atomic mass is 10.1. The molecule has 12 nitrogen and oxygen atoms in total. The van der Waals surface area contributed by atoms with Crippen molar-refractivity contribution in [3.8, 4) is 0 Å². The van der Waals surface area contributed by atoms with E-state index >= 15 is 0 Å². The Bertz CT molecular complexity index is 1500. The molecule has 8 atom stereocenters. The first kappa shape index (κ1) is 38.1. The van der Waals surface area contributed by atoms with Crippen LogP contribution in [0, 0.1) is 0 Å². The number of ether oxygens (including phenoxy) is 7. The van der Waals surface area contributed by atoms with Crippen molar-refractivity contribution in [2.75, 3.05) is 19.8 Å². The Labute approximate surface area is 297 Å². The minimum Gasteiger partial charge on any atom is -0.459 e. The van der Waals surface area contributed by atoms with Crippen LogP contribution in [0.4, 0.5) is 0 Å². The molecule has 0 bridgehead atoms. The summed E-state index contributed by atoms with van der Waals surface area (Å²) in [6, 6.07) is 24.8. The number of aliphatic hydroxyl groups excluding tert-OH is 2. The SMILES string of the molecule is CCCCCCCCO[C@H]1O[C@H](CO[C@H]2O[C@H](COC(=O)c3ccccc3)[C@@H](OC(=O)c3ccccc3)[C@@H]2OC(=O)c2ccccc2)[C@@H](O)[C@@H]1O. The third-order valence-corrected chi connectivity index (χ3v) is 8.68. The average molecular weight is 707 g/mol. The zero-order valence-corrected chi connectivity index (χ0v) is 28.6. The van der Waals surface area contributed by atoms with Crippen molar-refractivity contribution in [2.24, 2.45) is 0 Å². The van der Waals surface area contributed by atoms with Crippen molar-refractivity contribution in [3.05, 3.63) is 108 Å². The molecule has 0 aliphatic carbocycles. The van der Waals surface area contributed by atoms with Gasteiger partial charge in [-0.15, -0.1) is 0 Å². The Kier molecular flexibility index (Phi) is 14.5. The van der Waals surface area contributed by atoms with Gasteiger partial charge < -0.3 is 43.4 Å². The zero-order chi connectivity index (χ0) is 36.0. The number of carbonyl (C=O) groups excluding carboxylic acids is 3. The Morgan fingerprint density at radius 2 is 1.08 bits per heavy atom. The maximum Gasteiger partial charge on any atom is 0.338 e. The first-order valence-corrected chi connectivity index (χ1v) is 17.5. The van der Waals surface area contributed by atoms with Crippen LogP contribution in [0.5, 0.6) is 0 Å². The molecule has 0 saturated carbocycles. The molecular weight excluding hydrogens is 660 g/mol. The van der Waals surface area contributed by atoms with E-state index in [9.17, 15) is 24.6 Å². The smallest absolute Gasteiger partial charge is 0.338 e. The molecule has 12 heteroatoms. The molecule has 2 aliphatic heterocycles. The van der Waals surface area contributed by atoms with Gasteiger partial charge in [-0.2, -0.15) is 0 Å². The third kappa shape index (κ3) is 10.7. The molecule has 0 spiro atoms.